The molecule has 0 aliphatic heterocycles. The van der Waals surface area contributed by atoms with Gasteiger partial charge in [-0.15, -0.1) is 0 Å². The van der Waals surface area contributed by atoms with Crippen LogP contribution in [0.3, 0.4) is 0 Å². The predicted octanol–water partition coefficient (Wildman–Crippen LogP) is 2.86. The normalized spacial score (nSPS) is 10.6. The molecule has 0 spiro atoms. The zero-order valence-corrected chi connectivity index (χ0v) is 17.2. The minimum atomic E-state index is -0.723. The van der Waals surface area contributed by atoms with Crippen LogP contribution in [0.5, 0.6) is 5.88 Å². The molecule has 0 saturated carbocycles. The number of nitrogens with zero attached hydrogens (tertiary/aromatic N) is 4. The maximum atomic E-state index is 13.1. The highest BCUT2D eigenvalue weighted by Gasteiger charge is 2.23. The molecule has 4 aromatic rings. The van der Waals surface area contributed by atoms with E-state index in [1.165, 1.54) is 19.5 Å². The molecule has 0 aliphatic rings. The molecule has 32 heavy (non-hydrogen) atoms. The Hall–Kier alpha value is -4.60. The van der Waals surface area contributed by atoms with Crippen molar-refractivity contribution in [3.05, 3.63) is 72.0 Å². The second-order valence-electron chi connectivity index (χ2n) is 6.70. The number of aromatic nitrogens is 4. The number of methoxy groups -OCH3 is 1. The third kappa shape index (κ3) is 4.01. The Bertz CT molecular complexity index is 1290. The van der Waals surface area contributed by atoms with E-state index in [0.29, 0.717) is 34.0 Å². The lowest BCUT2D eigenvalue weighted by Crippen LogP contribution is -2.15. The summed E-state index contributed by atoms with van der Waals surface area (Å²) in [4.78, 5) is 36.4. The van der Waals surface area contributed by atoms with Crippen LogP contribution in [0, 0.1) is 6.92 Å². The highest BCUT2D eigenvalue weighted by Crippen LogP contribution is 2.29. The minimum absolute atomic E-state index is 0.0945. The van der Waals surface area contributed by atoms with E-state index in [1.54, 1.807) is 19.1 Å². The minimum Gasteiger partial charge on any atom is -0.479 e. The van der Waals surface area contributed by atoms with Crippen LogP contribution < -0.4 is 15.8 Å². The van der Waals surface area contributed by atoms with Crippen molar-refractivity contribution >= 4 is 17.5 Å². The Labute approximate surface area is 182 Å². The number of carbonyl (C=O) groups is 2. The molecule has 0 aliphatic carbocycles. The largest absolute Gasteiger partial charge is 0.479 e. The van der Waals surface area contributed by atoms with Gasteiger partial charge >= 0.3 is 0 Å². The lowest BCUT2D eigenvalue weighted by Gasteiger charge is -2.11. The van der Waals surface area contributed by atoms with E-state index in [0.717, 1.165) is 5.56 Å². The maximum absolute atomic E-state index is 13.1. The highest BCUT2D eigenvalue weighted by molar-refractivity contribution is 6.09. The molecule has 0 unspecified atom stereocenters. The number of aryl methyl sites for hydroxylation is 1. The summed E-state index contributed by atoms with van der Waals surface area (Å²) in [6, 6.07) is 12.6. The number of pyridine rings is 1. The Morgan fingerprint density at radius 3 is 2.41 bits per heavy atom. The number of anilines is 1. The SMILES string of the molecule is COc1nc(-c2cnc(C(N)=O)nc2)ccc1NC(=O)c1c(-c2ccccc2)noc1C. The van der Waals surface area contributed by atoms with Gasteiger partial charge in [-0.3, -0.25) is 9.59 Å². The molecule has 0 radical (unpaired) electrons. The smallest absolute Gasteiger partial charge is 0.286 e. The molecule has 0 saturated heterocycles. The van der Waals surface area contributed by atoms with Crippen LogP contribution in [-0.2, 0) is 0 Å². The number of hydrogen-bond donors (Lipinski definition) is 2. The summed E-state index contributed by atoms with van der Waals surface area (Å²) < 4.78 is 10.6. The van der Waals surface area contributed by atoms with E-state index in [4.69, 9.17) is 15.0 Å². The summed E-state index contributed by atoms with van der Waals surface area (Å²) in [5, 5.41) is 6.83. The van der Waals surface area contributed by atoms with Crippen LogP contribution in [0.15, 0.2) is 59.4 Å². The zero-order chi connectivity index (χ0) is 22.7. The summed E-state index contributed by atoms with van der Waals surface area (Å²) in [5.41, 5.74) is 8.07. The van der Waals surface area contributed by atoms with E-state index in [1.807, 2.05) is 30.3 Å². The molecule has 0 fully saturated rings. The van der Waals surface area contributed by atoms with Crippen LogP contribution in [0.4, 0.5) is 5.69 Å². The van der Waals surface area contributed by atoms with Crippen molar-refractivity contribution in [2.45, 2.75) is 6.92 Å². The van der Waals surface area contributed by atoms with Gasteiger partial charge in [0, 0.05) is 23.5 Å². The fourth-order valence-electron chi connectivity index (χ4n) is 3.06. The van der Waals surface area contributed by atoms with Gasteiger partial charge in [-0.25, -0.2) is 15.0 Å². The van der Waals surface area contributed by atoms with Gasteiger partial charge < -0.3 is 20.3 Å². The molecule has 160 valence electrons. The van der Waals surface area contributed by atoms with Gasteiger partial charge in [0.1, 0.15) is 22.7 Å². The topological polar surface area (TPSA) is 146 Å². The number of benzene rings is 1. The van der Waals surface area contributed by atoms with Crippen molar-refractivity contribution < 1.29 is 18.8 Å². The number of ether oxygens (including phenoxy) is 1. The van der Waals surface area contributed by atoms with Crippen molar-refractivity contribution in [3.63, 3.8) is 0 Å². The van der Waals surface area contributed by atoms with Crippen LogP contribution in [0.25, 0.3) is 22.5 Å². The highest BCUT2D eigenvalue weighted by atomic mass is 16.5. The first-order valence-corrected chi connectivity index (χ1v) is 9.48. The molecule has 0 atom stereocenters. The first-order valence-electron chi connectivity index (χ1n) is 9.48. The lowest BCUT2D eigenvalue weighted by atomic mass is 10.1. The first kappa shape index (κ1) is 20.7. The van der Waals surface area contributed by atoms with Crippen molar-refractivity contribution in [2.75, 3.05) is 12.4 Å². The number of nitrogens with two attached hydrogens (primary N) is 1. The number of nitrogens with one attached hydrogen (secondary N) is 1. The zero-order valence-electron chi connectivity index (χ0n) is 17.2. The Kier molecular flexibility index (Phi) is 5.58. The van der Waals surface area contributed by atoms with Crippen LogP contribution >= 0.6 is 0 Å². The first-order chi connectivity index (χ1) is 15.5. The van der Waals surface area contributed by atoms with Gasteiger partial charge in [0.2, 0.25) is 11.7 Å². The number of rotatable bonds is 6. The number of carbonyl (C=O) groups excluding carboxylic acids is 2. The van der Waals surface area contributed by atoms with E-state index in [9.17, 15) is 9.59 Å². The summed E-state index contributed by atoms with van der Waals surface area (Å²) in [7, 11) is 1.44. The standard InChI is InChI=1S/C22H18N6O4/c1-12-17(18(28-32-12)13-6-4-3-5-7-13)21(30)26-16-9-8-15(27-22(16)31-2)14-10-24-20(19(23)29)25-11-14/h3-11H,1-2H3,(H2,23,29)(H,26,30). The molecule has 0 bridgehead atoms. The van der Waals surface area contributed by atoms with Gasteiger partial charge in [0.15, 0.2) is 0 Å². The summed E-state index contributed by atoms with van der Waals surface area (Å²) in [6.07, 6.45) is 2.86. The second kappa shape index (κ2) is 8.64. The molecule has 10 nitrogen and oxygen atoms in total. The van der Waals surface area contributed by atoms with Crippen LogP contribution in [-0.4, -0.2) is 39.0 Å². The monoisotopic (exact) mass is 430 g/mol. The van der Waals surface area contributed by atoms with Crippen LogP contribution in [0.1, 0.15) is 26.7 Å². The molecule has 3 N–H and O–H groups in total. The van der Waals surface area contributed by atoms with E-state index in [-0.39, 0.29) is 11.7 Å². The Morgan fingerprint density at radius 1 is 1.03 bits per heavy atom. The van der Waals surface area contributed by atoms with E-state index < -0.39 is 11.8 Å². The molecule has 2 amide bonds. The average Bonchev–Trinajstić information content (AvgIpc) is 3.21. The number of primary amides is 1. The lowest BCUT2D eigenvalue weighted by molar-refractivity contribution is 0.0988. The van der Waals surface area contributed by atoms with Gasteiger partial charge in [-0.1, -0.05) is 35.5 Å². The fraction of sp³-hybridized carbons (Fsp3) is 0.0909. The second-order valence-corrected chi connectivity index (χ2v) is 6.70. The molecule has 3 heterocycles. The van der Waals surface area contributed by atoms with Gasteiger partial charge in [-0.05, 0) is 19.1 Å². The third-order valence-electron chi connectivity index (χ3n) is 4.61. The third-order valence-corrected chi connectivity index (χ3v) is 4.61. The van der Waals surface area contributed by atoms with Gasteiger partial charge in [0.25, 0.3) is 11.8 Å². The predicted molar refractivity (Wildman–Crippen MR) is 115 cm³/mol. The Morgan fingerprint density at radius 2 is 1.75 bits per heavy atom. The fourth-order valence-corrected chi connectivity index (χ4v) is 3.06. The van der Waals surface area contributed by atoms with Crippen molar-refractivity contribution in [3.8, 4) is 28.4 Å². The molecule has 10 heteroatoms. The maximum Gasteiger partial charge on any atom is 0.286 e. The summed E-state index contributed by atoms with van der Waals surface area (Å²) >= 11 is 0. The quantitative estimate of drug-likeness (QED) is 0.475. The summed E-state index contributed by atoms with van der Waals surface area (Å²) in [5.74, 6) is -0.659. The van der Waals surface area contributed by atoms with Gasteiger partial charge in [-0.2, -0.15) is 0 Å². The van der Waals surface area contributed by atoms with Gasteiger partial charge in [0.05, 0.1) is 12.8 Å². The number of amides is 2. The van der Waals surface area contributed by atoms with Crippen molar-refractivity contribution in [2.24, 2.45) is 5.73 Å². The summed E-state index contributed by atoms with van der Waals surface area (Å²) in [6.45, 7) is 1.67. The van der Waals surface area contributed by atoms with Crippen molar-refractivity contribution in [1.29, 1.82) is 0 Å². The van der Waals surface area contributed by atoms with Crippen LogP contribution in [0.2, 0.25) is 0 Å². The molecule has 3 aromatic heterocycles. The molecular weight excluding hydrogens is 412 g/mol. The molecular formula is C22H18N6O4. The molecule has 4 rings (SSSR count). The van der Waals surface area contributed by atoms with E-state index in [2.05, 4.69) is 25.4 Å². The number of hydrogen-bond acceptors (Lipinski definition) is 8. The van der Waals surface area contributed by atoms with E-state index >= 15 is 0 Å². The Balaban J connectivity index is 1.62. The van der Waals surface area contributed by atoms with Crippen molar-refractivity contribution in [1.82, 2.24) is 20.1 Å². The molecule has 1 aromatic carbocycles. The average molecular weight is 430 g/mol.